The Labute approximate surface area is 145 Å². The number of aromatic carboxylic acids is 1. The molecule has 0 saturated carbocycles. The van der Waals surface area contributed by atoms with Crippen LogP contribution in [0.15, 0.2) is 84.9 Å². The van der Waals surface area contributed by atoms with E-state index in [2.05, 4.69) is 5.32 Å². The van der Waals surface area contributed by atoms with Gasteiger partial charge in [0.05, 0.1) is 17.2 Å². The number of hydrogen-bond donors (Lipinski definition) is 2. The molecule has 1 amide bonds. The summed E-state index contributed by atoms with van der Waals surface area (Å²) in [5, 5.41) is 12.3. The first-order valence-corrected chi connectivity index (χ1v) is 7.90. The second-order valence-corrected chi connectivity index (χ2v) is 5.58. The van der Waals surface area contributed by atoms with E-state index in [0.717, 1.165) is 11.1 Å². The number of carbonyl (C=O) groups excluding carboxylic acids is 1. The van der Waals surface area contributed by atoms with Gasteiger partial charge in [-0.05, 0) is 23.3 Å². The molecule has 0 heterocycles. The highest BCUT2D eigenvalue weighted by molar-refractivity contribution is 6.05. The van der Waals surface area contributed by atoms with Crippen molar-refractivity contribution < 1.29 is 14.7 Å². The summed E-state index contributed by atoms with van der Waals surface area (Å²) in [7, 11) is 0. The molecule has 3 aromatic carbocycles. The predicted molar refractivity (Wildman–Crippen MR) is 95.6 cm³/mol. The minimum atomic E-state index is -1.12. The van der Waals surface area contributed by atoms with Crippen molar-refractivity contribution in [2.45, 2.75) is 6.04 Å². The van der Waals surface area contributed by atoms with Gasteiger partial charge in [-0.3, -0.25) is 4.79 Å². The van der Waals surface area contributed by atoms with E-state index < -0.39 is 11.9 Å². The van der Waals surface area contributed by atoms with Gasteiger partial charge in [-0.2, -0.15) is 0 Å². The van der Waals surface area contributed by atoms with Gasteiger partial charge >= 0.3 is 5.97 Å². The minimum absolute atomic E-state index is 0.0140. The van der Waals surface area contributed by atoms with E-state index in [9.17, 15) is 14.7 Å². The smallest absolute Gasteiger partial charge is 0.336 e. The zero-order valence-electron chi connectivity index (χ0n) is 13.4. The third-order valence-electron chi connectivity index (χ3n) is 3.94. The summed E-state index contributed by atoms with van der Waals surface area (Å²) in [6, 6.07) is 25.0. The summed E-state index contributed by atoms with van der Waals surface area (Å²) in [4.78, 5) is 24.1. The molecule has 0 spiro atoms. The Bertz CT molecular complexity index is 836. The molecule has 0 aliphatic rings. The Balaban J connectivity index is 1.97. The Kier molecular flexibility index (Phi) is 4.90. The van der Waals surface area contributed by atoms with Crippen LogP contribution in [-0.4, -0.2) is 17.0 Å². The number of nitrogens with one attached hydrogen (secondary N) is 1. The first-order chi connectivity index (χ1) is 12.2. The lowest BCUT2D eigenvalue weighted by atomic mass is 9.97. The Hall–Kier alpha value is -3.40. The first kappa shape index (κ1) is 16.5. The van der Waals surface area contributed by atoms with Crippen LogP contribution >= 0.6 is 0 Å². The fraction of sp³-hybridized carbons (Fsp3) is 0.0476. The molecule has 0 aromatic heterocycles. The molecule has 0 aliphatic carbocycles. The van der Waals surface area contributed by atoms with Crippen molar-refractivity contribution in [1.82, 2.24) is 5.32 Å². The predicted octanol–water partition coefficient (Wildman–Crippen LogP) is 3.90. The van der Waals surface area contributed by atoms with Crippen LogP contribution in [0.25, 0.3) is 0 Å². The Morgan fingerprint density at radius 2 is 1.12 bits per heavy atom. The van der Waals surface area contributed by atoms with Crippen LogP contribution in [0.1, 0.15) is 37.9 Å². The fourth-order valence-electron chi connectivity index (χ4n) is 2.73. The molecule has 25 heavy (non-hydrogen) atoms. The van der Waals surface area contributed by atoms with Crippen LogP contribution in [0, 0.1) is 0 Å². The number of amides is 1. The molecule has 0 bridgehead atoms. The monoisotopic (exact) mass is 331 g/mol. The summed E-state index contributed by atoms with van der Waals surface area (Å²) >= 11 is 0. The SMILES string of the molecule is O=C(O)c1ccccc1C(=O)NC(c1ccccc1)c1ccccc1. The first-order valence-electron chi connectivity index (χ1n) is 7.90. The van der Waals surface area contributed by atoms with Crippen LogP contribution in [0.5, 0.6) is 0 Å². The molecule has 0 radical (unpaired) electrons. The van der Waals surface area contributed by atoms with E-state index in [4.69, 9.17) is 0 Å². The van der Waals surface area contributed by atoms with Gasteiger partial charge in [-0.1, -0.05) is 72.8 Å². The Morgan fingerprint density at radius 3 is 1.60 bits per heavy atom. The third kappa shape index (κ3) is 3.75. The number of carboxylic acids is 1. The maximum absolute atomic E-state index is 12.8. The van der Waals surface area contributed by atoms with Gasteiger partial charge in [-0.15, -0.1) is 0 Å². The summed E-state index contributed by atoms with van der Waals surface area (Å²) in [6.45, 7) is 0. The average Bonchev–Trinajstić information content (AvgIpc) is 2.67. The quantitative estimate of drug-likeness (QED) is 0.745. The summed E-state index contributed by atoms with van der Waals surface area (Å²) in [5.41, 5.74) is 1.98. The van der Waals surface area contributed by atoms with Gasteiger partial charge in [0.15, 0.2) is 0 Å². The van der Waals surface area contributed by atoms with Crippen LogP contribution in [0.4, 0.5) is 0 Å². The van der Waals surface area contributed by atoms with Gasteiger partial charge in [-0.25, -0.2) is 4.79 Å². The second-order valence-electron chi connectivity index (χ2n) is 5.58. The van der Waals surface area contributed by atoms with Crippen LogP contribution < -0.4 is 5.32 Å². The molecule has 0 saturated heterocycles. The van der Waals surface area contributed by atoms with Crippen molar-refractivity contribution >= 4 is 11.9 Å². The number of benzene rings is 3. The number of hydrogen-bond acceptors (Lipinski definition) is 2. The van der Waals surface area contributed by atoms with Gasteiger partial charge < -0.3 is 10.4 Å². The molecule has 2 N–H and O–H groups in total. The van der Waals surface area contributed by atoms with E-state index >= 15 is 0 Å². The Morgan fingerprint density at radius 1 is 0.680 bits per heavy atom. The largest absolute Gasteiger partial charge is 0.478 e. The standard InChI is InChI=1S/C21H17NO3/c23-20(17-13-7-8-14-18(17)21(24)25)22-19(15-9-3-1-4-10-15)16-11-5-2-6-12-16/h1-14,19H,(H,22,23)(H,24,25). The molecule has 4 heteroatoms. The maximum atomic E-state index is 12.8. The molecular weight excluding hydrogens is 314 g/mol. The number of rotatable bonds is 5. The molecule has 3 rings (SSSR count). The maximum Gasteiger partial charge on any atom is 0.336 e. The normalized spacial score (nSPS) is 10.4. The van der Waals surface area contributed by atoms with Crippen molar-refractivity contribution in [2.24, 2.45) is 0 Å². The topological polar surface area (TPSA) is 66.4 Å². The number of carbonyl (C=O) groups is 2. The summed E-state index contributed by atoms with van der Waals surface area (Å²) < 4.78 is 0. The molecule has 124 valence electrons. The highest BCUT2D eigenvalue weighted by Gasteiger charge is 2.21. The van der Waals surface area contributed by atoms with Crippen LogP contribution in [0.3, 0.4) is 0 Å². The zero-order valence-corrected chi connectivity index (χ0v) is 13.4. The molecule has 0 fully saturated rings. The van der Waals surface area contributed by atoms with E-state index in [1.54, 1.807) is 12.1 Å². The number of carboxylic acid groups (broad SMARTS) is 1. The van der Waals surface area contributed by atoms with Crippen LogP contribution in [-0.2, 0) is 0 Å². The van der Waals surface area contributed by atoms with E-state index in [1.165, 1.54) is 12.1 Å². The van der Waals surface area contributed by atoms with Crippen molar-refractivity contribution in [3.63, 3.8) is 0 Å². The van der Waals surface area contributed by atoms with Crippen molar-refractivity contribution in [3.05, 3.63) is 107 Å². The van der Waals surface area contributed by atoms with Crippen molar-refractivity contribution in [2.75, 3.05) is 0 Å². The summed E-state index contributed by atoms with van der Waals surface area (Å²) in [5.74, 6) is -1.54. The lowest BCUT2D eigenvalue weighted by Crippen LogP contribution is -2.30. The van der Waals surface area contributed by atoms with E-state index in [0.29, 0.717) is 0 Å². The lowest BCUT2D eigenvalue weighted by Gasteiger charge is -2.20. The van der Waals surface area contributed by atoms with E-state index in [1.807, 2.05) is 60.7 Å². The zero-order chi connectivity index (χ0) is 17.6. The molecular formula is C21H17NO3. The van der Waals surface area contributed by atoms with Gasteiger partial charge in [0.2, 0.25) is 0 Å². The fourth-order valence-corrected chi connectivity index (χ4v) is 2.73. The second kappa shape index (κ2) is 7.45. The molecule has 3 aromatic rings. The molecule has 0 aliphatic heterocycles. The molecule has 4 nitrogen and oxygen atoms in total. The average molecular weight is 331 g/mol. The van der Waals surface area contributed by atoms with Crippen LogP contribution in [0.2, 0.25) is 0 Å². The highest BCUT2D eigenvalue weighted by atomic mass is 16.4. The summed E-state index contributed by atoms with van der Waals surface area (Å²) in [6.07, 6.45) is 0. The van der Waals surface area contributed by atoms with Gasteiger partial charge in [0.1, 0.15) is 0 Å². The highest BCUT2D eigenvalue weighted by Crippen LogP contribution is 2.22. The lowest BCUT2D eigenvalue weighted by molar-refractivity contribution is 0.0690. The molecule has 0 atom stereocenters. The van der Waals surface area contributed by atoms with E-state index in [-0.39, 0.29) is 17.2 Å². The third-order valence-corrected chi connectivity index (χ3v) is 3.94. The van der Waals surface area contributed by atoms with Gasteiger partial charge in [0, 0.05) is 0 Å². The minimum Gasteiger partial charge on any atom is -0.478 e. The van der Waals surface area contributed by atoms with Crippen molar-refractivity contribution in [1.29, 1.82) is 0 Å². The van der Waals surface area contributed by atoms with Crippen molar-refractivity contribution in [3.8, 4) is 0 Å². The molecule has 0 unspecified atom stereocenters. The van der Waals surface area contributed by atoms with Gasteiger partial charge in [0.25, 0.3) is 5.91 Å².